The van der Waals surface area contributed by atoms with Crippen LogP contribution in [0.4, 0.5) is 10.1 Å². The Morgan fingerprint density at radius 2 is 1.79 bits per heavy atom. The second-order valence-electron chi connectivity index (χ2n) is 4.65. The lowest BCUT2D eigenvalue weighted by atomic mass is 10.1. The maximum absolute atomic E-state index is 13.7. The van der Waals surface area contributed by atoms with Crippen molar-refractivity contribution in [2.45, 2.75) is 13.1 Å². The highest BCUT2D eigenvalue weighted by atomic mass is 79.9. The van der Waals surface area contributed by atoms with Crippen LogP contribution in [0, 0.1) is 5.82 Å². The topological polar surface area (TPSA) is 29.3 Å². The number of benzene rings is 2. The third-order valence-corrected chi connectivity index (χ3v) is 3.38. The summed E-state index contributed by atoms with van der Waals surface area (Å²) in [6, 6.07) is 12.9. The van der Waals surface area contributed by atoms with Crippen molar-refractivity contribution in [1.82, 2.24) is 4.90 Å². The molecule has 100 valence electrons. The zero-order valence-electron chi connectivity index (χ0n) is 10.7. The smallest absolute Gasteiger partial charge is 0.128 e. The van der Waals surface area contributed by atoms with Crippen LogP contribution in [-0.4, -0.2) is 11.9 Å². The monoisotopic (exact) mass is 322 g/mol. The normalized spacial score (nSPS) is 10.9. The molecule has 2 nitrogen and oxygen atoms in total. The van der Waals surface area contributed by atoms with Crippen molar-refractivity contribution in [1.29, 1.82) is 0 Å². The lowest BCUT2D eigenvalue weighted by molar-refractivity contribution is 0.313. The highest BCUT2D eigenvalue weighted by Gasteiger charge is 2.07. The molecule has 0 bridgehead atoms. The summed E-state index contributed by atoms with van der Waals surface area (Å²) in [4.78, 5) is 2.07. The van der Waals surface area contributed by atoms with Gasteiger partial charge in [-0.3, -0.25) is 4.90 Å². The van der Waals surface area contributed by atoms with Gasteiger partial charge in [-0.15, -0.1) is 0 Å². The van der Waals surface area contributed by atoms with Gasteiger partial charge in [0, 0.05) is 28.8 Å². The van der Waals surface area contributed by atoms with Crippen LogP contribution in [0.25, 0.3) is 0 Å². The molecule has 0 unspecified atom stereocenters. The minimum absolute atomic E-state index is 0.182. The van der Waals surface area contributed by atoms with Crippen molar-refractivity contribution in [2.24, 2.45) is 0 Å². The van der Waals surface area contributed by atoms with E-state index in [2.05, 4.69) is 20.8 Å². The van der Waals surface area contributed by atoms with Gasteiger partial charge in [0.15, 0.2) is 0 Å². The molecule has 0 amide bonds. The first-order valence-corrected chi connectivity index (χ1v) is 6.81. The number of nitrogen functional groups attached to an aromatic ring is 1. The lowest BCUT2D eigenvalue weighted by Crippen LogP contribution is -2.18. The van der Waals surface area contributed by atoms with E-state index >= 15 is 0 Å². The van der Waals surface area contributed by atoms with Gasteiger partial charge >= 0.3 is 0 Å². The summed E-state index contributed by atoms with van der Waals surface area (Å²) in [5, 5.41) is 0. The van der Waals surface area contributed by atoms with E-state index in [1.807, 2.05) is 37.4 Å². The van der Waals surface area contributed by atoms with Crippen LogP contribution in [-0.2, 0) is 13.1 Å². The van der Waals surface area contributed by atoms with Crippen molar-refractivity contribution < 1.29 is 4.39 Å². The fraction of sp³-hybridized carbons (Fsp3) is 0.200. The fourth-order valence-corrected chi connectivity index (χ4v) is 2.26. The Labute approximate surface area is 121 Å². The number of nitrogens with two attached hydrogens (primary N) is 1. The van der Waals surface area contributed by atoms with Crippen molar-refractivity contribution in [3.05, 3.63) is 63.9 Å². The third kappa shape index (κ3) is 4.04. The van der Waals surface area contributed by atoms with Crippen molar-refractivity contribution in [3.63, 3.8) is 0 Å². The van der Waals surface area contributed by atoms with Gasteiger partial charge in [-0.2, -0.15) is 0 Å². The van der Waals surface area contributed by atoms with Crippen LogP contribution < -0.4 is 5.73 Å². The Morgan fingerprint density at radius 3 is 2.42 bits per heavy atom. The molecule has 0 atom stereocenters. The molecule has 0 heterocycles. The molecule has 2 rings (SSSR count). The molecule has 4 heteroatoms. The Kier molecular flexibility index (Phi) is 4.56. The van der Waals surface area contributed by atoms with Crippen molar-refractivity contribution in [2.75, 3.05) is 12.8 Å². The number of hydrogen-bond donors (Lipinski definition) is 1. The Morgan fingerprint density at radius 1 is 1.11 bits per heavy atom. The van der Waals surface area contributed by atoms with Crippen LogP contribution in [0.15, 0.2) is 46.9 Å². The van der Waals surface area contributed by atoms with Crippen LogP contribution in [0.3, 0.4) is 0 Å². The highest BCUT2D eigenvalue weighted by Crippen LogP contribution is 2.17. The predicted molar refractivity (Wildman–Crippen MR) is 80.1 cm³/mol. The quantitative estimate of drug-likeness (QED) is 0.867. The van der Waals surface area contributed by atoms with Crippen molar-refractivity contribution >= 4 is 21.6 Å². The second kappa shape index (κ2) is 6.17. The Hall–Kier alpha value is -1.39. The maximum Gasteiger partial charge on any atom is 0.128 e. The third-order valence-electron chi connectivity index (χ3n) is 2.89. The van der Waals surface area contributed by atoms with Gasteiger partial charge in [0.25, 0.3) is 0 Å². The van der Waals surface area contributed by atoms with E-state index < -0.39 is 0 Å². The van der Waals surface area contributed by atoms with Gasteiger partial charge in [-0.1, -0.05) is 34.1 Å². The first-order valence-electron chi connectivity index (χ1n) is 6.01. The first kappa shape index (κ1) is 14.0. The average molecular weight is 323 g/mol. The number of halogens is 2. The molecule has 0 aliphatic rings. The summed E-state index contributed by atoms with van der Waals surface area (Å²) in [7, 11) is 1.97. The van der Waals surface area contributed by atoms with Gasteiger partial charge in [0.1, 0.15) is 5.82 Å². The molecule has 2 aromatic carbocycles. The standard InChI is InChI=1S/C15H16BrFN2/c1-19(9-11-2-6-14(18)7-3-11)10-12-4-5-13(16)8-15(12)17/h2-8H,9-10,18H2,1H3. The minimum Gasteiger partial charge on any atom is -0.399 e. The van der Waals surface area contributed by atoms with Crippen LogP contribution in [0.5, 0.6) is 0 Å². The molecule has 2 aromatic rings. The molecule has 2 N–H and O–H groups in total. The van der Waals surface area contributed by atoms with E-state index in [0.717, 1.165) is 22.3 Å². The lowest BCUT2D eigenvalue weighted by Gasteiger charge is -2.17. The first-order chi connectivity index (χ1) is 9.04. The largest absolute Gasteiger partial charge is 0.399 e. The van der Waals surface area contributed by atoms with E-state index in [0.29, 0.717) is 12.1 Å². The molecule has 19 heavy (non-hydrogen) atoms. The average Bonchev–Trinajstić information content (AvgIpc) is 2.36. The molecule has 0 aliphatic heterocycles. The highest BCUT2D eigenvalue weighted by molar-refractivity contribution is 9.10. The van der Waals surface area contributed by atoms with Crippen molar-refractivity contribution in [3.8, 4) is 0 Å². The molecular formula is C15H16BrFN2. The summed E-state index contributed by atoms with van der Waals surface area (Å²) in [5.74, 6) is -0.182. The van der Waals surface area contributed by atoms with E-state index in [1.165, 1.54) is 6.07 Å². The minimum atomic E-state index is -0.182. The number of nitrogens with zero attached hydrogens (tertiary/aromatic N) is 1. The Bertz CT molecular complexity index is 555. The molecule has 0 radical (unpaired) electrons. The van der Waals surface area contributed by atoms with Crippen LogP contribution >= 0.6 is 15.9 Å². The van der Waals surface area contributed by atoms with Gasteiger partial charge < -0.3 is 5.73 Å². The van der Waals surface area contributed by atoms with Gasteiger partial charge in [-0.25, -0.2) is 4.39 Å². The van der Waals surface area contributed by atoms with Crippen LogP contribution in [0.1, 0.15) is 11.1 Å². The number of anilines is 1. The zero-order chi connectivity index (χ0) is 13.8. The van der Waals surface area contributed by atoms with E-state index in [-0.39, 0.29) is 5.82 Å². The summed E-state index contributed by atoms with van der Waals surface area (Å²) in [6.07, 6.45) is 0. The van der Waals surface area contributed by atoms with Gasteiger partial charge in [0.2, 0.25) is 0 Å². The molecule has 0 spiro atoms. The van der Waals surface area contributed by atoms with E-state index in [9.17, 15) is 4.39 Å². The number of rotatable bonds is 4. The van der Waals surface area contributed by atoms with E-state index in [1.54, 1.807) is 6.07 Å². The molecule has 0 saturated heterocycles. The molecule has 0 fully saturated rings. The second-order valence-corrected chi connectivity index (χ2v) is 5.57. The summed E-state index contributed by atoms with van der Waals surface area (Å²) in [6.45, 7) is 1.33. The Balaban J connectivity index is 2.01. The van der Waals surface area contributed by atoms with Gasteiger partial charge in [-0.05, 0) is 36.9 Å². The maximum atomic E-state index is 13.7. The van der Waals surface area contributed by atoms with E-state index in [4.69, 9.17) is 5.73 Å². The van der Waals surface area contributed by atoms with Crippen LogP contribution in [0.2, 0.25) is 0 Å². The molecular weight excluding hydrogens is 307 g/mol. The predicted octanol–water partition coefficient (Wildman–Crippen LogP) is 3.80. The summed E-state index contributed by atoms with van der Waals surface area (Å²) in [5.41, 5.74) is 8.26. The summed E-state index contributed by atoms with van der Waals surface area (Å²) >= 11 is 3.26. The molecule has 0 saturated carbocycles. The van der Waals surface area contributed by atoms with Gasteiger partial charge in [0.05, 0.1) is 0 Å². The molecule has 0 aromatic heterocycles. The zero-order valence-corrected chi connectivity index (χ0v) is 12.3. The fourth-order valence-electron chi connectivity index (χ4n) is 1.93. The summed E-state index contributed by atoms with van der Waals surface area (Å²) < 4.78 is 14.5. The number of hydrogen-bond acceptors (Lipinski definition) is 2. The molecule has 0 aliphatic carbocycles. The SMILES string of the molecule is CN(Cc1ccc(N)cc1)Cc1ccc(Br)cc1F.